The highest BCUT2D eigenvalue weighted by molar-refractivity contribution is 9.10. The minimum absolute atomic E-state index is 0.315. The maximum atomic E-state index is 12.1. The summed E-state index contributed by atoms with van der Waals surface area (Å²) in [4.78, 5) is 14.1. The molecular formula is C25H25BrN6O3. The van der Waals surface area contributed by atoms with Crippen LogP contribution in [0.3, 0.4) is 0 Å². The van der Waals surface area contributed by atoms with Gasteiger partial charge in [-0.3, -0.25) is 0 Å². The summed E-state index contributed by atoms with van der Waals surface area (Å²) in [6.07, 6.45) is 1.54. The van der Waals surface area contributed by atoms with Crippen molar-refractivity contribution in [2.75, 3.05) is 0 Å². The lowest BCUT2D eigenvalue weighted by Crippen LogP contribution is -2.51. The Bertz CT molecular complexity index is 1440. The van der Waals surface area contributed by atoms with Crippen LogP contribution >= 0.6 is 15.9 Å². The van der Waals surface area contributed by atoms with E-state index in [1.54, 1.807) is 0 Å². The van der Waals surface area contributed by atoms with Crippen molar-refractivity contribution in [3.63, 3.8) is 0 Å². The van der Waals surface area contributed by atoms with Gasteiger partial charge in [-0.05, 0) is 58.6 Å². The summed E-state index contributed by atoms with van der Waals surface area (Å²) in [5.74, 6) is 0.220. The Morgan fingerprint density at radius 1 is 1.17 bits per heavy atom. The minimum atomic E-state index is -0.926. The molecule has 180 valence electrons. The number of fused-ring (bicyclic) bond motifs is 1. The Labute approximate surface area is 210 Å². The molecule has 0 bridgehead atoms. The number of carboxylic acids is 1. The molecule has 1 aliphatic heterocycles. The number of rotatable bonds is 7. The number of aromatic amines is 1. The van der Waals surface area contributed by atoms with Crippen molar-refractivity contribution in [2.45, 2.75) is 45.8 Å². The van der Waals surface area contributed by atoms with Gasteiger partial charge in [0.15, 0.2) is 0 Å². The fraction of sp³-hybridized carbons (Fsp3) is 0.280. The normalized spacial score (nSPS) is 15.1. The lowest BCUT2D eigenvalue weighted by Gasteiger charge is -2.40. The number of benzene rings is 2. The molecule has 1 aliphatic rings. The average molecular weight is 537 g/mol. The zero-order valence-corrected chi connectivity index (χ0v) is 21.2. The number of H-pyrrole nitrogens is 1. The first kappa shape index (κ1) is 23.1. The Kier molecular flexibility index (Phi) is 5.84. The second-order valence-electron chi connectivity index (χ2n) is 8.59. The maximum Gasteiger partial charge on any atom is 0.354 e. The van der Waals surface area contributed by atoms with E-state index in [2.05, 4.69) is 55.7 Å². The molecule has 0 aliphatic carbocycles. The first-order valence-corrected chi connectivity index (χ1v) is 12.2. The molecule has 5 rings (SSSR count). The molecule has 4 aromatic rings. The molecule has 2 aromatic carbocycles. The smallest absolute Gasteiger partial charge is 0.354 e. The van der Waals surface area contributed by atoms with Gasteiger partial charge in [0.25, 0.3) is 0 Å². The zero-order valence-electron chi connectivity index (χ0n) is 19.6. The quantitative estimate of drug-likeness (QED) is 0.291. The first-order chi connectivity index (χ1) is 16.9. The maximum absolute atomic E-state index is 12.1. The highest BCUT2D eigenvalue weighted by Gasteiger charge is 2.43. The number of hydrogen-bond acceptors (Lipinski definition) is 7. The third kappa shape index (κ3) is 3.78. The first-order valence-electron chi connectivity index (χ1n) is 11.4. The van der Waals surface area contributed by atoms with E-state index in [1.807, 2.05) is 54.3 Å². The lowest BCUT2D eigenvalue weighted by atomic mass is 10.0. The second kappa shape index (κ2) is 8.84. The summed E-state index contributed by atoms with van der Waals surface area (Å²) in [7, 11) is 0. The SMILES string of the molecule is CCC1(CC)NC(C)=C(C(=O)O)N1Cc1ccc2oc(-c3ccccc3-c3nn[nH]n3)c(Br)c2c1. The average Bonchev–Trinajstić information content (AvgIpc) is 3.57. The summed E-state index contributed by atoms with van der Waals surface area (Å²) < 4.78 is 7.06. The van der Waals surface area contributed by atoms with E-state index in [4.69, 9.17) is 4.42 Å². The van der Waals surface area contributed by atoms with Gasteiger partial charge in [0.2, 0.25) is 5.82 Å². The summed E-state index contributed by atoms with van der Waals surface area (Å²) in [6, 6.07) is 13.7. The van der Waals surface area contributed by atoms with Crippen molar-refractivity contribution in [3.8, 4) is 22.7 Å². The van der Waals surface area contributed by atoms with Crippen molar-refractivity contribution in [1.29, 1.82) is 0 Å². The lowest BCUT2D eigenvalue weighted by molar-refractivity contribution is -0.135. The van der Waals surface area contributed by atoms with Crippen LogP contribution in [0.2, 0.25) is 0 Å². The van der Waals surface area contributed by atoms with E-state index in [9.17, 15) is 9.90 Å². The van der Waals surface area contributed by atoms with Crippen LogP contribution < -0.4 is 5.32 Å². The van der Waals surface area contributed by atoms with Gasteiger partial charge in [0.05, 0.1) is 4.47 Å². The number of nitrogens with zero attached hydrogens (tertiary/aromatic N) is 4. The number of aliphatic carboxylic acids is 1. The van der Waals surface area contributed by atoms with Gasteiger partial charge in [-0.15, -0.1) is 10.2 Å². The van der Waals surface area contributed by atoms with Gasteiger partial charge in [-0.1, -0.05) is 44.2 Å². The molecule has 0 amide bonds. The molecule has 10 heteroatoms. The van der Waals surface area contributed by atoms with E-state index < -0.39 is 11.6 Å². The Morgan fingerprint density at radius 2 is 1.91 bits per heavy atom. The molecule has 0 radical (unpaired) electrons. The van der Waals surface area contributed by atoms with E-state index in [0.717, 1.165) is 45.0 Å². The molecular weight excluding hydrogens is 512 g/mol. The van der Waals surface area contributed by atoms with Crippen molar-refractivity contribution >= 4 is 32.9 Å². The standard InChI is InChI=1S/C25H25BrN6O3/c1-4-25(5-2)27-14(3)21(24(33)34)32(25)13-15-10-11-19-18(12-15)20(26)22(35-19)16-8-6-7-9-17(16)23-28-30-31-29-23/h6-12,27H,4-5,13H2,1-3H3,(H,33,34)(H,28,29,30,31). The summed E-state index contributed by atoms with van der Waals surface area (Å²) >= 11 is 3.74. The molecule has 2 aromatic heterocycles. The van der Waals surface area contributed by atoms with E-state index in [1.165, 1.54) is 0 Å². The summed E-state index contributed by atoms with van der Waals surface area (Å²) in [6.45, 7) is 6.43. The number of carboxylic acid groups (broad SMARTS) is 1. The molecule has 3 N–H and O–H groups in total. The third-order valence-electron chi connectivity index (χ3n) is 6.72. The number of aromatic nitrogens is 4. The molecule has 35 heavy (non-hydrogen) atoms. The van der Waals surface area contributed by atoms with Gasteiger partial charge < -0.3 is 19.7 Å². The van der Waals surface area contributed by atoms with E-state index in [0.29, 0.717) is 29.5 Å². The zero-order chi connectivity index (χ0) is 24.7. The van der Waals surface area contributed by atoms with E-state index >= 15 is 0 Å². The predicted molar refractivity (Wildman–Crippen MR) is 135 cm³/mol. The Hall–Kier alpha value is -3.66. The molecule has 0 fully saturated rings. The molecule has 0 atom stereocenters. The van der Waals surface area contributed by atoms with Crippen LogP contribution in [0, 0.1) is 0 Å². The van der Waals surface area contributed by atoms with Crippen molar-refractivity contribution in [1.82, 2.24) is 30.8 Å². The van der Waals surface area contributed by atoms with Crippen LogP contribution in [0.5, 0.6) is 0 Å². The molecule has 0 saturated carbocycles. The van der Waals surface area contributed by atoms with Crippen LogP contribution in [-0.4, -0.2) is 42.3 Å². The highest BCUT2D eigenvalue weighted by Crippen LogP contribution is 2.42. The number of tetrazole rings is 1. The number of halogens is 1. The van der Waals surface area contributed by atoms with Crippen LogP contribution in [0.4, 0.5) is 0 Å². The van der Waals surface area contributed by atoms with Crippen molar-refractivity contribution in [2.24, 2.45) is 0 Å². The number of nitrogens with one attached hydrogen (secondary N) is 2. The number of furan rings is 1. The molecule has 0 saturated heterocycles. The predicted octanol–water partition coefficient (Wildman–Crippen LogP) is 5.28. The van der Waals surface area contributed by atoms with Crippen molar-refractivity contribution < 1.29 is 14.3 Å². The summed E-state index contributed by atoms with van der Waals surface area (Å²) in [5.41, 5.74) is 3.91. The van der Waals surface area contributed by atoms with Crippen LogP contribution in [0.15, 0.2) is 62.7 Å². The molecule has 9 nitrogen and oxygen atoms in total. The fourth-order valence-corrected chi connectivity index (χ4v) is 5.53. The topological polar surface area (TPSA) is 120 Å². The molecule has 3 heterocycles. The van der Waals surface area contributed by atoms with Crippen LogP contribution in [0.25, 0.3) is 33.7 Å². The Morgan fingerprint density at radius 3 is 2.57 bits per heavy atom. The molecule has 0 spiro atoms. The van der Waals surface area contributed by atoms with Gasteiger partial charge in [-0.25, -0.2) is 4.79 Å². The van der Waals surface area contributed by atoms with Gasteiger partial charge in [-0.2, -0.15) is 5.21 Å². The monoisotopic (exact) mass is 536 g/mol. The third-order valence-corrected chi connectivity index (χ3v) is 7.51. The second-order valence-corrected chi connectivity index (χ2v) is 9.38. The van der Waals surface area contributed by atoms with Gasteiger partial charge >= 0.3 is 5.97 Å². The number of allylic oxidation sites excluding steroid dienone is 1. The Balaban J connectivity index is 1.56. The summed E-state index contributed by atoms with van der Waals surface area (Å²) in [5, 5.41) is 28.7. The number of hydrogen-bond donors (Lipinski definition) is 3. The van der Waals surface area contributed by atoms with Crippen LogP contribution in [-0.2, 0) is 11.3 Å². The van der Waals surface area contributed by atoms with Gasteiger partial charge in [0.1, 0.15) is 22.7 Å². The van der Waals surface area contributed by atoms with Gasteiger partial charge in [0, 0.05) is 28.8 Å². The highest BCUT2D eigenvalue weighted by atomic mass is 79.9. The number of carbonyl (C=O) groups is 1. The van der Waals surface area contributed by atoms with E-state index in [-0.39, 0.29) is 0 Å². The minimum Gasteiger partial charge on any atom is -0.477 e. The van der Waals surface area contributed by atoms with Crippen molar-refractivity contribution in [3.05, 3.63) is 63.9 Å². The fourth-order valence-electron chi connectivity index (χ4n) is 4.93. The molecule has 0 unspecified atom stereocenters. The largest absolute Gasteiger partial charge is 0.477 e. The van der Waals surface area contributed by atoms with Crippen LogP contribution in [0.1, 0.15) is 39.2 Å².